The van der Waals surface area contributed by atoms with Gasteiger partial charge in [-0.15, -0.1) is 0 Å². The molecule has 0 fully saturated rings. The first-order valence-electron chi connectivity index (χ1n) is 5.21. The SMILES string of the molecule is C[C@H]1Oc2ccccc2-c2ccccc21. The molecular weight excluding hydrogens is 184 g/mol. The van der Waals surface area contributed by atoms with Gasteiger partial charge in [0.2, 0.25) is 0 Å². The lowest BCUT2D eigenvalue weighted by atomic mass is 9.94. The second kappa shape index (κ2) is 3.13. The van der Waals surface area contributed by atoms with Crippen LogP contribution in [0.5, 0.6) is 5.75 Å². The molecule has 1 heteroatoms. The van der Waals surface area contributed by atoms with E-state index < -0.39 is 0 Å². The molecule has 1 nitrogen and oxygen atoms in total. The molecule has 0 saturated carbocycles. The average Bonchev–Trinajstić information content (AvgIpc) is 2.30. The van der Waals surface area contributed by atoms with Crippen molar-refractivity contribution in [3.05, 3.63) is 54.1 Å². The van der Waals surface area contributed by atoms with E-state index in [4.69, 9.17) is 4.74 Å². The summed E-state index contributed by atoms with van der Waals surface area (Å²) in [7, 11) is 0. The molecule has 0 spiro atoms. The molecule has 74 valence electrons. The molecule has 0 saturated heterocycles. The largest absolute Gasteiger partial charge is 0.485 e. The zero-order chi connectivity index (χ0) is 10.3. The van der Waals surface area contributed by atoms with Gasteiger partial charge in [-0.05, 0) is 18.6 Å². The van der Waals surface area contributed by atoms with Crippen molar-refractivity contribution in [1.82, 2.24) is 0 Å². The Morgan fingerprint density at radius 3 is 2.40 bits per heavy atom. The van der Waals surface area contributed by atoms with E-state index in [1.54, 1.807) is 0 Å². The van der Waals surface area contributed by atoms with Crippen LogP contribution in [0.25, 0.3) is 11.1 Å². The molecule has 0 amide bonds. The zero-order valence-corrected chi connectivity index (χ0v) is 8.60. The molecule has 1 heterocycles. The lowest BCUT2D eigenvalue weighted by Crippen LogP contribution is -2.10. The summed E-state index contributed by atoms with van der Waals surface area (Å²) in [5, 5.41) is 0. The third kappa shape index (κ3) is 1.23. The minimum atomic E-state index is 0.149. The Hall–Kier alpha value is -1.76. The lowest BCUT2D eigenvalue weighted by Gasteiger charge is -2.26. The second-order valence-electron chi connectivity index (χ2n) is 3.84. The third-order valence-electron chi connectivity index (χ3n) is 2.88. The Bertz CT molecular complexity index is 502. The van der Waals surface area contributed by atoms with E-state index >= 15 is 0 Å². The first-order chi connectivity index (χ1) is 7.36. The highest BCUT2D eigenvalue weighted by Gasteiger charge is 2.21. The molecule has 2 aromatic rings. The fourth-order valence-electron chi connectivity index (χ4n) is 2.14. The van der Waals surface area contributed by atoms with Gasteiger partial charge >= 0.3 is 0 Å². The normalized spacial score (nSPS) is 17.5. The summed E-state index contributed by atoms with van der Waals surface area (Å²) >= 11 is 0. The highest BCUT2D eigenvalue weighted by atomic mass is 16.5. The van der Waals surface area contributed by atoms with Crippen molar-refractivity contribution >= 4 is 0 Å². The van der Waals surface area contributed by atoms with Crippen molar-refractivity contribution in [2.45, 2.75) is 13.0 Å². The Kier molecular flexibility index (Phi) is 1.78. The van der Waals surface area contributed by atoms with Gasteiger partial charge in [0.25, 0.3) is 0 Å². The fraction of sp³-hybridized carbons (Fsp3) is 0.143. The number of hydrogen-bond donors (Lipinski definition) is 0. The molecule has 0 unspecified atom stereocenters. The number of rotatable bonds is 0. The minimum Gasteiger partial charge on any atom is -0.485 e. The van der Waals surface area contributed by atoms with Gasteiger partial charge < -0.3 is 4.74 Å². The molecule has 2 aromatic carbocycles. The van der Waals surface area contributed by atoms with Crippen LogP contribution in [0, 0.1) is 0 Å². The maximum Gasteiger partial charge on any atom is 0.128 e. The Balaban J connectivity index is 2.30. The predicted octanol–water partition coefficient (Wildman–Crippen LogP) is 3.81. The number of hydrogen-bond acceptors (Lipinski definition) is 1. The second-order valence-corrected chi connectivity index (χ2v) is 3.84. The van der Waals surface area contributed by atoms with Crippen LogP contribution < -0.4 is 4.74 Å². The molecule has 15 heavy (non-hydrogen) atoms. The van der Waals surface area contributed by atoms with Crippen LogP contribution in [0.1, 0.15) is 18.6 Å². The van der Waals surface area contributed by atoms with Crippen LogP contribution >= 0.6 is 0 Å². The molecule has 3 rings (SSSR count). The molecule has 1 aliphatic heterocycles. The Morgan fingerprint density at radius 1 is 0.867 bits per heavy atom. The topological polar surface area (TPSA) is 9.23 Å². The first-order valence-corrected chi connectivity index (χ1v) is 5.21. The lowest BCUT2D eigenvalue weighted by molar-refractivity contribution is 0.223. The van der Waals surface area contributed by atoms with Gasteiger partial charge in [0, 0.05) is 11.1 Å². The zero-order valence-electron chi connectivity index (χ0n) is 8.60. The van der Waals surface area contributed by atoms with Crippen molar-refractivity contribution < 1.29 is 4.74 Å². The summed E-state index contributed by atoms with van der Waals surface area (Å²) in [4.78, 5) is 0. The molecular formula is C14H12O. The molecule has 0 aliphatic carbocycles. The maximum atomic E-state index is 5.86. The molecule has 1 atom stereocenters. The van der Waals surface area contributed by atoms with Gasteiger partial charge in [-0.1, -0.05) is 42.5 Å². The molecule has 0 bridgehead atoms. The summed E-state index contributed by atoms with van der Waals surface area (Å²) in [6.45, 7) is 2.09. The van der Waals surface area contributed by atoms with E-state index in [9.17, 15) is 0 Å². The van der Waals surface area contributed by atoms with Crippen LogP contribution in [0.2, 0.25) is 0 Å². The van der Waals surface area contributed by atoms with Crippen molar-refractivity contribution in [2.24, 2.45) is 0 Å². The van der Waals surface area contributed by atoms with Gasteiger partial charge in [0.15, 0.2) is 0 Å². The Labute approximate surface area is 89.3 Å². The van der Waals surface area contributed by atoms with Gasteiger partial charge in [0.05, 0.1) is 0 Å². The van der Waals surface area contributed by atoms with Gasteiger partial charge in [0.1, 0.15) is 11.9 Å². The first kappa shape index (κ1) is 8.54. The number of benzene rings is 2. The highest BCUT2D eigenvalue weighted by Crippen LogP contribution is 2.41. The van der Waals surface area contributed by atoms with E-state index in [1.165, 1.54) is 16.7 Å². The molecule has 0 aromatic heterocycles. The fourth-order valence-corrected chi connectivity index (χ4v) is 2.14. The Morgan fingerprint density at radius 2 is 1.53 bits per heavy atom. The smallest absolute Gasteiger partial charge is 0.128 e. The maximum absolute atomic E-state index is 5.86. The monoisotopic (exact) mass is 196 g/mol. The summed E-state index contributed by atoms with van der Waals surface area (Å²) < 4.78 is 5.86. The quantitative estimate of drug-likeness (QED) is 0.622. The summed E-state index contributed by atoms with van der Waals surface area (Å²) in [6.07, 6.45) is 0.149. The van der Waals surface area contributed by atoms with Crippen molar-refractivity contribution in [2.75, 3.05) is 0 Å². The van der Waals surface area contributed by atoms with E-state index in [0.29, 0.717) is 0 Å². The van der Waals surface area contributed by atoms with Gasteiger partial charge in [-0.3, -0.25) is 0 Å². The predicted molar refractivity (Wildman–Crippen MR) is 60.9 cm³/mol. The average molecular weight is 196 g/mol. The number of fused-ring (bicyclic) bond motifs is 3. The van der Waals surface area contributed by atoms with Crippen LogP contribution in [-0.4, -0.2) is 0 Å². The summed E-state index contributed by atoms with van der Waals surface area (Å²) in [5.41, 5.74) is 3.77. The van der Waals surface area contributed by atoms with E-state index in [1.807, 2.05) is 12.1 Å². The van der Waals surface area contributed by atoms with Crippen molar-refractivity contribution in [3.8, 4) is 16.9 Å². The standard InChI is InChI=1S/C14H12O/c1-10-11-6-2-3-7-12(11)13-8-4-5-9-14(13)15-10/h2-10H,1H3/t10-/m1/s1. The molecule has 0 N–H and O–H groups in total. The van der Waals surface area contributed by atoms with Crippen LogP contribution in [0.15, 0.2) is 48.5 Å². The third-order valence-corrected chi connectivity index (χ3v) is 2.88. The van der Waals surface area contributed by atoms with Gasteiger partial charge in [-0.25, -0.2) is 0 Å². The van der Waals surface area contributed by atoms with Crippen molar-refractivity contribution in [1.29, 1.82) is 0 Å². The van der Waals surface area contributed by atoms with Crippen LogP contribution in [0.3, 0.4) is 0 Å². The number of ether oxygens (including phenoxy) is 1. The van der Waals surface area contributed by atoms with Gasteiger partial charge in [-0.2, -0.15) is 0 Å². The number of para-hydroxylation sites is 1. The summed E-state index contributed by atoms with van der Waals surface area (Å²) in [5.74, 6) is 0.990. The van der Waals surface area contributed by atoms with E-state index in [2.05, 4.69) is 43.3 Å². The van der Waals surface area contributed by atoms with Crippen molar-refractivity contribution in [3.63, 3.8) is 0 Å². The van der Waals surface area contributed by atoms with E-state index in [-0.39, 0.29) is 6.10 Å². The molecule has 1 aliphatic rings. The highest BCUT2D eigenvalue weighted by molar-refractivity contribution is 5.75. The van der Waals surface area contributed by atoms with E-state index in [0.717, 1.165) is 5.75 Å². The minimum absolute atomic E-state index is 0.149. The summed E-state index contributed by atoms with van der Waals surface area (Å²) in [6, 6.07) is 16.6. The van der Waals surface area contributed by atoms with Crippen LogP contribution in [-0.2, 0) is 0 Å². The molecule has 0 radical (unpaired) electrons. The van der Waals surface area contributed by atoms with Crippen LogP contribution in [0.4, 0.5) is 0 Å².